The number of aromatic nitrogens is 3. The zero-order valence-corrected chi connectivity index (χ0v) is 12.9. The number of hydrogen-bond acceptors (Lipinski definition) is 4. The monoisotopic (exact) mass is 278 g/mol. The van der Waals surface area contributed by atoms with Crippen molar-refractivity contribution in [3.8, 4) is 0 Å². The van der Waals surface area contributed by atoms with E-state index in [9.17, 15) is 0 Å². The highest BCUT2D eigenvalue weighted by molar-refractivity contribution is 4.99. The van der Waals surface area contributed by atoms with E-state index in [4.69, 9.17) is 4.74 Å². The first-order valence-electron chi connectivity index (χ1n) is 7.76. The average Bonchev–Trinajstić information content (AvgIpc) is 2.83. The molecule has 1 unspecified atom stereocenters. The lowest BCUT2D eigenvalue weighted by Gasteiger charge is -2.47. The van der Waals surface area contributed by atoms with E-state index in [0.717, 1.165) is 31.7 Å². The molecule has 1 aliphatic carbocycles. The summed E-state index contributed by atoms with van der Waals surface area (Å²) in [4.78, 5) is 0. The minimum absolute atomic E-state index is 0.110. The van der Waals surface area contributed by atoms with Gasteiger partial charge >= 0.3 is 0 Å². The predicted molar refractivity (Wildman–Crippen MR) is 77.4 cm³/mol. The molecule has 1 saturated heterocycles. The zero-order valence-electron chi connectivity index (χ0n) is 12.9. The van der Waals surface area contributed by atoms with Gasteiger partial charge in [0.15, 0.2) is 0 Å². The van der Waals surface area contributed by atoms with Gasteiger partial charge in [-0.05, 0) is 52.9 Å². The summed E-state index contributed by atoms with van der Waals surface area (Å²) in [6, 6.07) is 0.458. The average molecular weight is 278 g/mol. The summed E-state index contributed by atoms with van der Waals surface area (Å²) in [5.74, 6) is 0. The molecule has 20 heavy (non-hydrogen) atoms. The van der Waals surface area contributed by atoms with E-state index in [1.54, 1.807) is 0 Å². The van der Waals surface area contributed by atoms with Gasteiger partial charge in [0.05, 0.1) is 23.5 Å². The van der Waals surface area contributed by atoms with Crippen molar-refractivity contribution >= 4 is 0 Å². The van der Waals surface area contributed by atoms with Crippen LogP contribution < -0.4 is 5.32 Å². The van der Waals surface area contributed by atoms with Crippen molar-refractivity contribution in [3.63, 3.8) is 0 Å². The molecule has 112 valence electrons. The number of hydrogen-bond donors (Lipinski definition) is 1. The molecule has 1 spiro atoms. The molecule has 5 heteroatoms. The summed E-state index contributed by atoms with van der Waals surface area (Å²) in [7, 11) is 0. The van der Waals surface area contributed by atoms with Gasteiger partial charge in [0, 0.05) is 18.7 Å². The van der Waals surface area contributed by atoms with Gasteiger partial charge in [-0.2, -0.15) is 0 Å². The third-order valence-corrected chi connectivity index (χ3v) is 4.46. The van der Waals surface area contributed by atoms with Crippen LogP contribution in [0.1, 0.15) is 64.6 Å². The van der Waals surface area contributed by atoms with Crippen molar-refractivity contribution in [2.24, 2.45) is 0 Å². The quantitative estimate of drug-likeness (QED) is 0.922. The summed E-state index contributed by atoms with van der Waals surface area (Å²) < 4.78 is 8.04. The van der Waals surface area contributed by atoms with Crippen molar-refractivity contribution in [1.82, 2.24) is 20.3 Å². The van der Waals surface area contributed by atoms with Crippen LogP contribution in [-0.4, -0.2) is 32.7 Å². The Kier molecular flexibility index (Phi) is 3.58. The maximum Gasteiger partial charge on any atom is 0.0965 e. The molecule has 5 nitrogen and oxygen atoms in total. The van der Waals surface area contributed by atoms with Gasteiger partial charge in [-0.25, -0.2) is 4.68 Å². The van der Waals surface area contributed by atoms with Gasteiger partial charge in [-0.15, -0.1) is 5.10 Å². The summed E-state index contributed by atoms with van der Waals surface area (Å²) >= 11 is 0. The fourth-order valence-electron chi connectivity index (χ4n) is 3.08. The van der Waals surface area contributed by atoms with Crippen molar-refractivity contribution in [3.05, 3.63) is 11.9 Å². The molecule has 2 fully saturated rings. The van der Waals surface area contributed by atoms with Gasteiger partial charge in [-0.1, -0.05) is 5.21 Å². The van der Waals surface area contributed by atoms with E-state index in [1.165, 1.54) is 19.3 Å². The molecule has 2 heterocycles. The molecular formula is C15H26N4O. The molecule has 1 aromatic rings. The van der Waals surface area contributed by atoms with Gasteiger partial charge in [0.2, 0.25) is 0 Å². The van der Waals surface area contributed by atoms with Gasteiger partial charge in [0.1, 0.15) is 0 Å². The SMILES string of the molecule is CC(C)(C)NCc1cn(C2CCOC3(CCC3)C2)nn1. The Morgan fingerprint density at radius 2 is 2.25 bits per heavy atom. The Balaban J connectivity index is 1.61. The lowest BCUT2D eigenvalue weighted by molar-refractivity contribution is -0.141. The van der Waals surface area contributed by atoms with E-state index in [-0.39, 0.29) is 11.1 Å². The Hall–Kier alpha value is -0.940. The molecular weight excluding hydrogens is 252 g/mol. The van der Waals surface area contributed by atoms with Crippen LogP contribution in [0.15, 0.2) is 6.20 Å². The van der Waals surface area contributed by atoms with E-state index in [2.05, 4.69) is 47.3 Å². The van der Waals surface area contributed by atoms with E-state index in [0.29, 0.717) is 6.04 Å². The maximum atomic E-state index is 5.98. The van der Waals surface area contributed by atoms with Gasteiger partial charge in [0.25, 0.3) is 0 Å². The molecule has 0 amide bonds. The predicted octanol–water partition coefficient (Wildman–Crippen LogP) is 2.44. The molecule has 0 aromatic carbocycles. The van der Waals surface area contributed by atoms with Crippen LogP contribution >= 0.6 is 0 Å². The summed E-state index contributed by atoms with van der Waals surface area (Å²) in [5.41, 5.74) is 1.30. The van der Waals surface area contributed by atoms with Crippen molar-refractivity contribution in [2.45, 2.75) is 76.6 Å². The fraction of sp³-hybridized carbons (Fsp3) is 0.867. The lowest BCUT2D eigenvalue weighted by Crippen LogP contribution is -2.46. The van der Waals surface area contributed by atoms with E-state index >= 15 is 0 Å². The van der Waals surface area contributed by atoms with Crippen molar-refractivity contribution in [2.75, 3.05) is 6.61 Å². The van der Waals surface area contributed by atoms with E-state index < -0.39 is 0 Å². The second-order valence-electron chi connectivity index (χ2n) is 7.33. The van der Waals surface area contributed by atoms with Crippen LogP contribution in [-0.2, 0) is 11.3 Å². The normalized spacial score (nSPS) is 25.6. The number of nitrogens with zero attached hydrogens (tertiary/aromatic N) is 3. The Labute approximate surface area is 121 Å². The minimum Gasteiger partial charge on any atom is -0.375 e. The first-order chi connectivity index (χ1) is 9.46. The highest BCUT2D eigenvalue weighted by Gasteiger charge is 2.43. The van der Waals surface area contributed by atoms with Gasteiger partial charge < -0.3 is 10.1 Å². The highest BCUT2D eigenvalue weighted by Crippen LogP contribution is 2.45. The molecule has 3 rings (SSSR count). The lowest BCUT2D eigenvalue weighted by atomic mass is 9.74. The fourth-order valence-corrected chi connectivity index (χ4v) is 3.08. The third-order valence-electron chi connectivity index (χ3n) is 4.46. The third kappa shape index (κ3) is 3.04. The van der Waals surface area contributed by atoms with Crippen LogP contribution in [0.25, 0.3) is 0 Å². The first-order valence-corrected chi connectivity index (χ1v) is 7.76. The minimum atomic E-state index is 0.110. The largest absolute Gasteiger partial charge is 0.375 e. The standard InChI is InChI=1S/C15H26N4O/c1-14(2,3)16-10-12-11-19(18-17-12)13-5-8-20-15(9-13)6-4-7-15/h11,13,16H,4-10H2,1-3H3. The van der Waals surface area contributed by atoms with Crippen LogP contribution in [0.5, 0.6) is 0 Å². The van der Waals surface area contributed by atoms with Crippen molar-refractivity contribution < 1.29 is 4.74 Å². The second kappa shape index (κ2) is 5.11. The topological polar surface area (TPSA) is 52.0 Å². The number of rotatable bonds is 3. The van der Waals surface area contributed by atoms with Gasteiger partial charge in [-0.3, -0.25) is 0 Å². The highest BCUT2D eigenvalue weighted by atomic mass is 16.5. The molecule has 1 saturated carbocycles. The summed E-state index contributed by atoms with van der Waals surface area (Å²) in [6.45, 7) is 8.13. The van der Waals surface area contributed by atoms with Crippen LogP contribution in [0.3, 0.4) is 0 Å². The molecule has 1 atom stereocenters. The molecule has 1 aromatic heterocycles. The smallest absolute Gasteiger partial charge is 0.0965 e. The summed E-state index contributed by atoms with van der Waals surface area (Å²) in [6.07, 6.45) is 8.00. The number of ether oxygens (including phenoxy) is 1. The number of nitrogens with one attached hydrogen (secondary N) is 1. The van der Waals surface area contributed by atoms with Crippen LogP contribution in [0, 0.1) is 0 Å². The molecule has 1 N–H and O–H groups in total. The molecule has 0 radical (unpaired) electrons. The first kappa shape index (κ1) is 14.0. The maximum absolute atomic E-state index is 5.98. The van der Waals surface area contributed by atoms with E-state index in [1.807, 2.05) is 0 Å². The Bertz CT molecular complexity index is 459. The molecule has 1 aliphatic heterocycles. The van der Waals surface area contributed by atoms with Crippen LogP contribution in [0.4, 0.5) is 0 Å². The second-order valence-corrected chi connectivity index (χ2v) is 7.33. The zero-order chi connectivity index (χ0) is 14.2. The molecule has 0 bridgehead atoms. The Morgan fingerprint density at radius 3 is 2.90 bits per heavy atom. The Morgan fingerprint density at radius 1 is 1.45 bits per heavy atom. The van der Waals surface area contributed by atoms with Crippen LogP contribution in [0.2, 0.25) is 0 Å². The molecule has 2 aliphatic rings. The summed E-state index contributed by atoms with van der Waals surface area (Å²) in [5, 5.41) is 12.1. The van der Waals surface area contributed by atoms with Crippen molar-refractivity contribution in [1.29, 1.82) is 0 Å².